The van der Waals surface area contributed by atoms with Gasteiger partial charge in [0.2, 0.25) is 0 Å². The van der Waals surface area contributed by atoms with Gasteiger partial charge in [0.05, 0.1) is 30.9 Å². The first-order valence-electron chi connectivity index (χ1n) is 11.4. The first-order chi connectivity index (χ1) is 17.0. The van der Waals surface area contributed by atoms with Crippen LogP contribution in [0.4, 0.5) is 9.80 Å². The Bertz CT molecular complexity index is 1220. The Morgan fingerprint density at radius 2 is 1.69 bits per heavy atom. The average Bonchev–Trinajstić information content (AvgIpc) is 3.22. The maximum absolute atomic E-state index is 13.3. The number of nitrogens with one attached hydrogen (secondary N) is 1. The number of rotatable bonds is 7. The molecule has 0 spiro atoms. The first kappa shape index (κ1) is 24.3. The molecule has 2 aromatic carbocycles. The number of fused-ring (bicyclic) bond motifs is 1. The second kappa shape index (κ2) is 11.1. The Hall–Kier alpha value is -3.85. The zero-order chi connectivity index (χ0) is 24.8. The van der Waals surface area contributed by atoms with Crippen LogP contribution in [0.5, 0.6) is 11.5 Å². The molecule has 0 fully saturated rings. The van der Waals surface area contributed by atoms with E-state index in [1.54, 1.807) is 55.1 Å². The van der Waals surface area contributed by atoms with Crippen LogP contribution in [0.25, 0.3) is 0 Å². The Morgan fingerprint density at radius 3 is 2.43 bits per heavy atom. The number of esters is 1. The quantitative estimate of drug-likeness (QED) is 0.437. The Balaban J connectivity index is 1.63. The lowest BCUT2D eigenvalue weighted by molar-refractivity contribution is 0.0526. The van der Waals surface area contributed by atoms with Gasteiger partial charge in [0.1, 0.15) is 16.5 Å². The van der Waals surface area contributed by atoms with Crippen molar-refractivity contribution in [2.75, 3.05) is 25.1 Å². The highest BCUT2D eigenvalue weighted by atomic mass is 32.1. The van der Waals surface area contributed by atoms with E-state index in [0.717, 1.165) is 10.4 Å². The first-order valence-corrected chi connectivity index (χ1v) is 12.2. The van der Waals surface area contributed by atoms with Crippen LogP contribution in [-0.2, 0) is 22.4 Å². The molecule has 0 bridgehead atoms. The molecule has 9 heteroatoms. The van der Waals surface area contributed by atoms with Gasteiger partial charge < -0.3 is 24.4 Å². The number of para-hydroxylation sites is 2. The highest BCUT2D eigenvalue weighted by Crippen LogP contribution is 2.38. The number of nitrogens with zero attached hydrogens (tertiary/aromatic N) is 1. The van der Waals surface area contributed by atoms with Gasteiger partial charge in [-0.25, -0.2) is 9.59 Å². The number of benzene rings is 2. The Morgan fingerprint density at radius 1 is 0.971 bits per heavy atom. The average molecular weight is 495 g/mol. The lowest BCUT2D eigenvalue weighted by Crippen LogP contribution is -2.36. The fourth-order valence-electron chi connectivity index (χ4n) is 3.81. The molecule has 4 rings (SSSR count). The van der Waals surface area contributed by atoms with Crippen molar-refractivity contribution in [2.24, 2.45) is 0 Å². The number of anilines is 1. The molecule has 35 heavy (non-hydrogen) atoms. The van der Waals surface area contributed by atoms with E-state index in [-0.39, 0.29) is 13.2 Å². The van der Waals surface area contributed by atoms with E-state index in [1.165, 1.54) is 11.3 Å². The smallest absolute Gasteiger partial charge is 0.410 e. The molecule has 182 valence electrons. The summed E-state index contributed by atoms with van der Waals surface area (Å²) >= 11 is 1.27. The van der Waals surface area contributed by atoms with E-state index in [1.807, 2.05) is 18.2 Å². The summed E-state index contributed by atoms with van der Waals surface area (Å²) in [5, 5.41) is 3.27. The summed E-state index contributed by atoms with van der Waals surface area (Å²) in [7, 11) is 0. The Kier molecular flexibility index (Phi) is 7.67. The van der Waals surface area contributed by atoms with E-state index in [4.69, 9.17) is 14.2 Å². The minimum absolute atomic E-state index is 0.208. The normalized spacial score (nSPS) is 12.5. The fourth-order valence-corrected chi connectivity index (χ4v) is 5.06. The van der Waals surface area contributed by atoms with Crippen molar-refractivity contribution in [1.29, 1.82) is 0 Å². The number of thiophene rings is 1. The van der Waals surface area contributed by atoms with E-state index in [0.29, 0.717) is 47.1 Å². The molecule has 0 unspecified atom stereocenters. The van der Waals surface area contributed by atoms with E-state index < -0.39 is 18.0 Å². The molecular weight excluding hydrogens is 468 g/mol. The molecule has 0 radical (unpaired) electrons. The van der Waals surface area contributed by atoms with Crippen LogP contribution in [0.2, 0.25) is 0 Å². The van der Waals surface area contributed by atoms with Gasteiger partial charge in [-0.05, 0) is 50.1 Å². The zero-order valence-corrected chi connectivity index (χ0v) is 20.4. The van der Waals surface area contributed by atoms with Crippen molar-refractivity contribution < 1.29 is 28.6 Å². The molecule has 3 aromatic rings. The summed E-state index contributed by atoms with van der Waals surface area (Å²) in [6.07, 6.45) is 0.0596. The van der Waals surface area contributed by atoms with Crippen molar-refractivity contribution in [3.05, 3.63) is 76.2 Å². The number of carbonyl (C=O) groups is 3. The monoisotopic (exact) mass is 494 g/mol. The number of hydrogen-bond acceptors (Lipinski definition) is 7. The van der Waals surface area contributed by atoms with E-state index in [9.17, 15) is 14.4 Å². The molecule has 1 N–H and O–H groups in total. The van der Waals surface area contributed by atoms with Crippen molar-refractivity contribution >= 4 is 34.3 Å². The van der Waals surface area contributed by atoms with Gasteiger partial charge >= 0.3 is 12.1 Å². The third-order valence-corrected chi connectivity index (χ3v) is 6.52. The number of carbonyl (C=O) groups excluding carboxylic acids is 3. The van der Waals surface area contributed by atoms with Crippen LogP contribution in [0.15, 0.2) is 54.6 Å². The summed E-state index contributed by atoms with van der Waals surface area (Å²) in [5.41, 5.74) is 1.45. The second-order valence-corrected chi connectivity index (χ2v) is 8.77. The van der Waals surface area contributed by atoms with Crippen LogP contribution in [0.1, 0.15) is 45.0 Å². The van der Waals surface area contributed by atoms with Crippen molar-refractivity contribution in [3.63, 3.8) is 0 Å². The summed E-state index contributed by atoms with van der Waals surface area (Å²) in [6.45, 7) is 4.69. The lowest BCUT2D eigenvalue weighted by Gasteiger charge is -2.26. The highest BCUT2D eigenvalue weighted by molar-refractivity contribution is 7.17. The Labute approximate surface area is 207 Å². The molecule has 0 aliphatic carbocycles. The second-order valence-electron chi connectivity index (χ2n) is 7.66. The van der Waals surface area contributed by atoms with Crippen LogP contribution < -0.4 is 10.1 Å². The van der Waals surface area contributed by atoms with Gasteiger partial charge in [0, 0.05) is 11.4 Å². The topological polar surface area (TPSA) is 94.2 Å². The van der Waals surface area contributed by atoms with E-state index in [2.05, 4.69) is 5.32 Å². The van der Waals surface area contributed by atoms with Crippen LogP contribution in [-0.4, -0.2) is 42.6 Å². The van der Waals surface area contributed by atoms with Crippen molar-refractivity contribution in [2.45, 2.75) is 26.8 Å². The molecule has 0 atom stereocenters. The standard InChI is InChI=1S/C26H26N2O6S/c1-3-32-25(30)22-19-14-15-28(26(31)33-4-2)16-21(19)35-24(22)27-23(29)18-12-8-9-13-20(18)34-17-10-6-5-7-11-17/h5-13H,3-4,14-16H2,1-2H3,(H,27,29). The SMILES string of the molecule is CCOC(=O)c1c(NC(=O)c2ccccc2Oc2ccccc2)sc2c1CCN(C(=O)OCC)C2. The minimum atomic E-state index is -0.501. The van der Waals surface area contributed by atoms with Crippen LogP contribution >= 0.6 is 11.3 Å². The minimum Gasteiger partial charge on any atom is -0.462 e. The van der Waals surface area contributed by atoms with Gasteiger partial charge in [-0.3, -0.25) is 4.79 Å². The molecule has 2 amide bonds. The van der Waals surface area contributed by atoms with Crippen LogP contribution in [0, 0.1) is 0 Å². The van der Waals surface area contributed by atoms with Gasteiger partial charge in [-0.1, -0.05) is 30.3 Å². The highest BCUT2D eigenvalue weighted by Gasteiger charge is 2.32. The lowest BCUT2D eigenvalue weighted by atomic mass is 10.0. The van der Waals surface area contributed by atoms with Gasteiger partial charge in [-0.15, -0.1) is 11.3 Å². The van der Waals surface area contributed by atoms with Gasteiger partial charge in [-0.2, -0.15) is 0 Å². The predicted octanol–water partition coefficient (Wildman–Crippen LogP) is 5.48. The van der Waals surface area contributed by atoms with Gasteiger partial charge in [0.15, 0.2) is 0 Å². The largest absolute Gasteiger partial charge is 0.462 e. The molecule has 1 aliphatic heterocycles. The predicted molar refractivity (Wildman–Crippen MR) is 132 cm³/mol. The number of ether oxygens (including phenoxy) is 3. The zero-order valence-electron chi connectivity index (χ0n) is 19.5. The third kappa shape index (κ3) is 5.46. The van der Waals surface area contributed by atoms with Gasteiger partial charge in [0.25, 0.3) is 5.91 Å². The number of amides is 2. The maximum Gasteiger partial charge on any atom is 0.410 e. The van der Waals surface area contributed by atoms with Crippen molar-refractivity contribution in [3.8, 4) is 11.5 Å². The third-order valence-electron chi connectivity index (χ3n) is 5.39. The molecule has 0 saturated heterocycles. The van der Waals surface area contributed by atoms with Crippen LogP contribution in [0.3, 0.4) is 0 Å². The fraction of sp³-hybridized carbons (Fsp3) is 0.269. The summed E-state index contributed by atoms with van der Waals surface area (Å²) in [5.74, 6) is 0.0796. The summed E-state index contributed by atoms with van der Waals surface area (Å²) < 4.78 is 16.3. The van der Waals surface area contributed by atoms with Crippen molar-refractivity contribution in [1.82, 2.24) is 4.90 Å². The molecule has 1 aliphatic rings. The molecule has 2 heterocycles. The van der Waals surface area contributed by atoms with E-state index >= 15 is 0 Å². The molecule has 0 saturated carbocycles. The molecule has 1 aromatic heterocycles. The molecular formula is C26H26N2O6S. The maximum atomic E-state index is 13.3. The summed E-state index contributed by atoms with van der Waals surface area (Å²) in [4.78, 5) is 40.8. The molecule has 8 nitrogen and oxygen atoms in total. The summed E-state index contributed by atoms with van der Waals surface area (Å²) in [6, 6.07) is 16.1. The number of hydrogen-bond donors (Lipinski definition) is 1.